The molecular formula is C2H3Cl3O4S. The van der Waals surface area contributed by atoms with Crippen LogP contribution in [-0.4, -0.2) is 23.4 Å². The normalized spacial score (nSPS) is 13.6. The van der Waals surface area contributed by atoms with Crippen molar-refractivity contribution in [1.82, 2.24) is 0 Å². The van der Waals surface area contributed by atoms with Crippen molar-refractivity contribution >= 4 is 45.2 Å². The fourth-order valence-corrected chi connectivity index (χ4v) is 0.825. The maximum atomic E-state index is 9.84. The van der Waals surface area contributed by atoms with Crippen LogP contribution >= 0.6 is 34.8 Å². The van der Waals surface area contributed by atoms with Crippen LogP contribution in [0.5, 0.6) is 0 Å². The molecule has 0 spiro atoms. The monoisotopic (exact) mass is 228 g/mol. The minimum atomic E-state index is -4.51. The highest BCUT2D eigenvalue weighted by Gasteiger charge is 2.23. The molecule has 0 atom stereocenters. The van der Waals surface area contributed by atoms with E-state index in [0.717, 1.165) is 0 Å². The molecule has 0 radical (unpaired) electrons. The van der Waals surface area contributed by atoms with E-state index in [0.29, 0.717) is 0 Å². The lowest BCUT2D eigenvalue weighted by molar-refractivity contribution is 0.274. The van der Waals surface area contributed by atoms with E-state index in [1.807, 2.05) is 0 Å². The average molecular weight is 229 g/mol. The smallest absolute Gasteiger partial charge is 0.264 e. The van der Waals surface area contributed by atoms with Crippen LogP contribution in [0.3, 0.4) is 0 Å². The molecule has 0 heterocycles. The van der Waals surface area contributed by atoms with Crippen molar-refractivity contribution in [2.75, 3.05) is 6.61 Å². The van der Waals surface area contributed by atoms with Crippen molar-refractivity contribution in [1.29, 1.82) is 0 Å². The zero-order chi connectivity index (χ0) is 8.41. The summed E-state index contributed by atoms with van der Waals surface area (Å²) < 4.78 is 29.5. The second-order valence-electron chi connectivity index (χ2n) is 1.31. The zero-order valence-corrected chi connectivity index (χ0v) is 7.51. The summed E-state index contributed by atoms with van der Waals surface area (Å²) in [5.41, 5.74) is 0. The third-order valence-corrected chi connectivity index (χ3v) is 1.11. The molecule has 0 aliphatic heterocycles. The highest BCUT2D eigenvalue weighted by molar-refractivity contribution is 7.80. The van der Waals surface area contributed by atoms with Gasteiger partial charge in [0, 0.05) is 0 Å². The fraction of sp³-hybridized carbons (Fsp3) is 1.00. The van der Waals surface area contributed by atoms with E-state index in [1.54, 1.807) is 0 Å². The maximum Gasteiger partial charge on any atom is 0.397 e. The molecule has 10 heavy (non-hydrogen) atoms. The lowest BCUT2D eigenvalue weighted by Gasteiger charge is -2.07. The Morgan fingerprint density at radius 2 is 1.80 bits per heavy atom. The first-order chi connectivity index (χ1) is 4.21. The molecule has 0 aliphatic carbocycles. The Balaban J connectivity index is 3.79. The highest BCUT2D eigenvalue weighted by Crippen LogP contribution is 2.26. The molecule has 0 aromatic carbocycles. The van der Waals surface area contributed by atoms with E-state index < -0.39 is 20.8 Å². The Morgan fingerprint density at radius 3 is 1.90 bits per heavy atom. The van der Waals surface area contributed by atoms with Crippen molar-refractivity contribution in [3.05, 3.63) is 0 Å². The third kappa shape index (κ3) is 8.74. The van der Waals surface area contributed by atoms with Crippen molar-refractivity contribution < 1.29 is 17.2 Å². The average Bonchev–Trinajstić information content (AvgIpc) is 1.57. The van der Waals surface area contributed by atoms with Crippen molar-refractivity contribution in [3.63, 3.8) is 0 Å². The van der Waals surface area contributed by atoms with E-state index >= 15 is 0 Å². The molecule has 0 aromatic rings. The van der Waals surface area contributed by atoms with Crippen LogP contribution < -0.4 is 0 Å². The number of halogens is 3. The molecular weight excluding hydrogens is 226 g/mol. The Morgan fingerprint density at radius 1 is 1.40 bits per heavy atom. The molecule has 0 unspecified atom stereocenters. The molecule has 0 rings (SSSR count). The third-order valence-electron chi connectivity index (χ3n) is 0.372. The van der Waals surface area contributed by atoms with Crippen LogP contribution in [-0.2, 0) is 14.6 Å². The Bertz CT molecular complexity index is 191. The molecule has 0 amide bonds. The van der Waals surface area contributed by atoms with Gasteiger partial charge >= 0.3 is 10.4 Å². The van der Waals surface area contributed by atoms with Gasteiger partial charge in [-0.15, -0.1) is 0 Å². The second-order valence-corrected chi connectivity index (χ2v) is 4.91. The minimum Gasteiger partial charge on any atom is -0.264 e. The topological polar surface area (TPSA) is 63.6 Å². The van der Waals surface area contributed by atoms with Crippen LogP contribution in [0.25, 0.3) is 0 Å². The summed E-state index contributed by atoms with van der Waals surface area (Å²) in [6.07, 6.45) is 0. The Labute approximate surface area is 73.0 Å². The van der Waals surface area contributed by atoms with Gasteiger partial charge in [-0.3, -0.25) is 4.55 Å². The van der Waals surface area contributed by atoms with Gasteiger partial charge in [0.1, 0.15) is 6.61 Å². The molecule has 0 fully saturated rings. The van der Waals surface area contributed by atoms with Gasteiger partial charge in [-0.2, -0.15) is 8.42 Å². The number of hydrogen-bond acceptors (Lipinski definition) is 3. The first-order valence-corrected chi connectivity index (χ1v) is 4.39. The Hall–Kier alpha value is 0.740. The first-order valence-electron chi connectivity index (χ1n) is 1.89. The van der Waals surface area contributed by atoms with Gasteiger partial charge in [-0.05, 0) is 0 Å². The van der Waals surface area contributed by atoms with Gasteiger partial charge < -0.3 is 0 Å². The van der Waals surface area contributed by atoms with E-state index in [2.05, 4.69) is 4.18 Å². The van der Waals surface area contributed by atoms with E-state index in [-0.39, 0.29) is 0 Å². The summed E-state index contributed by atoms with van der Waals surface area (Å²) in [5, 5.41) is 0. The summed E-state index contributed by atoms with van der Waals surface area (Å²) in [6, 6.07) is 0. The van der Waals surface area contributed by atoms with E-state index in [9.17, 15) is 8.42 Å². The summed E-state index contributed by atoms with van der Waals surface area (Å²) in [5.74, 6) is 0. The molecule has 0 aromatic heterocycles. The molecule has 0 bridgehead atoms. The SMILES string of the molecule is O=S(=O)(O)OCC(Cl)(Cl)Cl. The molecule has 62 valence electrons. The van der Waals surface area contributed by atoms with Gasteiger partial charge in [-0.1, -0.05) is 34.8 Å². The quantitative estimate of drug-likeness (QED) is 0.570. The molecule has 8 heteroatoms. The Kier molecular flexibility index (Phi) is 3.68. The number of rotatable bonds is 2. The summed E-state index contributed by atoms with van der Waals surface area (Å²) in [7, 11) is -4.51. The van der Waals surface area contributed by atoms with Crippen LogP contribution in [0.2, 0.25) is 0 Å². The predicted molar refractivity (Wildman–Crippen MR) is 37.8 cm³/mol. The van der Waals surface area contributed by atoms with E-state index in [4.69, 9.17) is 39.4 Å². The van der Waals surface area contributed by atoms with E-state index in [1.165, 1.54) is 0 Å². The first kappa shape index (κ1) is 10.7. The largest absolute Gasteiger partial charge is 0.397 e. The molecule has 0 saturated carbocycles. The van der Waals surface area contributed by atoms with Gasteiger partial charge in [-0.25, -0.2) is 4.18 Å². The number of hydrogen-bond donors (Lipinski definition) is 1. The fourth-order valence-electron chi connectivity index (χ4n) is 0.141. The molecule has 0 saturated heterocycles. The van der Waals surface area contributed by atoms with Gasteiger partial charge in [0.05, 0.1) is 0 Å². The van der Waals surface area contributed by atoms with Crippen LogP contribution in [0.1, 0.15) is 0 Å². The molecule has 1 N–H and O–H groups in total. The van der Waals surface area contributed by atoms with Gasteiger partial charge in [0.25, 0.3) is 0 Å². The second kappa shape index (κ2) is 3.42. The molecule has 4 nitrogen and oxygen atoms in total. The maximum absolute atomic E-state index is 9.84. The lowest BCUT2D eigenvalue weighted by Crippen LogP contribution is -2.16. The van der Waals surface area contributed by atoms with Gasteiger partial charge in [0.2, 0.25) is 3.79 Å². The summed E-state index contributed by atoms with van der Waals surface area (Å²) in [6.45, 7) is -0.712. The summed E-state index contributed by atoms with van der Waals surface area (Å²) >= 11 is 15.2. The lowest BCUT2D eigenvalue weighted by atomic mass is 10.9. The van der Waals surface area contributed by atoms with Crippen LogP contribution in [0.4, 0.5) is 0 Å². The van der Waals surface area contributed by atoms with Crippen LogP contribution in [0, 0.1) is 0 Å². The zero-order valence-electron chi connectivity index (χ0n) is 4.42. The molecule has 0 aliphatic rings. The highest BCUT2D eigenvalue weighted by atomic mass is 35.6. The van der Waals surface area contributed by atoms with Crippen molar-refractivity contribution in [3.8, 4) is 0 Å². The number of alkyl halides is 3. The summed E-state index contributed by atoms with van der Waals surface area (Å²) in [4.78, 5) is 0. The van der Waals surface area contributed by atoms with Crippen molar-refractivity contribution in [2.24, 2.45) is 0 Å². The standard InChI is InChI=1S/C2H3Cl3O4S/c3-2(4,5)1-9-10(6,7)8/h1H2,(H,6,7,8). The van der Waals surface area contributed by atoms with Gasteiger partial charge in [0.15, 0.2) is 0 Å². The predicted octanol–water partition coefficient (Wildman–Crippen LogP) is 1.18. The minimum absolute atomic E-state index is 0.712. The van der Waals surface area contributed by atoms with Crippen molar-refractivity contribution in [2.45, 2.75) is 3.79 Å². The van der Waals surface area contributed by atoms with Crippen LogP contribution in [0.15, 0.2) is 0 Å².